The molecule has 0 saturated carbocycles. The van der Waals surface area contributed by atoms with Crippen LogP contribution in [0.5, 0.6) is 0 Å². The van der Waals surface area contributed by atoms with E-state index in [1.807, 2.05) is 54.6 Å². The molecule has 0 radical (unpaired) electrons. The molecule has 0 aliphatic carbocycles. The van der Waals surface area contributed by atoms with Crippen molar-refractivity contribution in [3.63, 3.8) is 0 Å². The predicted octanol–water partition coefficient (Wildman–Crippen LogP) is 4.23. The molecule has 2 aromatic carbocycles. The average molecular weight is 341 g/mol. The zero-order valence-corrected chi connectivity index (χ0v) is 12.7. The summed E-state index contributed by atoms with van der Waals surface area (Å²) in [7, 11) is 0. The molecule has 5 heteroatoms. The first-order valence-electron chi connectivity index (χ1n) is 6.43. The summed E-state index contributed by atoms with van der Waals surface area (Å²) in [5.41, 5.74) is 8.77. The van der Waals surface area contributed by atoms with Crippen molar-refractivity contribution in [1.29, 1.82) is 0 Å². The van der Waals surface area contributed by atoms with E-state index in [0.29, 0.717) is 11.8 Å². The minimum absolute atomic E-state index is 0.440. The molecule has 0 aliphatic heterocycles. The van der Waals surface area contributed by atoms with E-state index in [1.54, 1.807) is 6.20 Å². The Hall–Kier alpha value is -2.40. The SMILES string of the molecule is Nc1nc(Nc2ccccc2)ncc1-c1ccccc1Br. The lowest BCUT2D eigenvalue weighted by Crippen LogP contribution is -2.02. The van der Waals surface area contributed by atoms with Gasteiger partial charge >= 0.3 is 0 Å². The summed E-state index contributed by atoms with van der Waals surface area (Å²) in [5.74, 6) is 0.921. The van der Waals surface area contributed by atoms with E-state index in [1.165, 1.54) is 0 Å². The van der Waals surface area contributed by atoms with E-state index in [0.717, 1.165) is 21.3 Å². The van der Waals surface area contributed by atoms with Crippen LogP contribution in [0, 0.1) is 0 Å². The van der Waals surface area contributed by atoms with Gasteiger partial charge in [-0.25, -0.2) is 4.98 Å². The predicted molar refractivity (Wildman–Crippen MR) is 89.3 cm³/mol. The summed E-state index contributed by atoms with van der Waals surface area (Å²) < 4.78 is 0.962. The smallest absolute Gasteiger partial charge is 0.229 e. The Morgan fingerprint density at radius 1 is 0.905 bits per heavy atom. The van der Waals surface area contributed by atoms with Crippen molar-refractivity contribution in [3.05, 3.63) is 65.3 Å². The molecule has 1 heterocycles. The molecule has 0 bridgehead atoms. The second-order valence-corrected chi connectivity index (χ2v) is 5.32. The van der Waals surface area contributed by atoms with Gasteiger partial charge in [0.25, 0.3) is 0 Å². The third-order valence-corrected chi connectivity index (χ3v) is 3.70. The summed E-state index contributed by atoms with van der Waals surface area (Å²) >= 11 is 3.51. The molecule has 0 saturated heterocycles. The van der Waals surface area contributed by atoms with Crippen LogP contribution in [0.3, 0.4) is 0 Å². The van der Waals surface area contributed by atoms with Crippen LogP contribution in [0.4, 0.5) is 17.5 Å². The number of rotatable bonds is 3. The number of benzene rings is 2. The number of halogens is 1. The summed E-state index contributed by atoms with van der Waals surface area (Å²) in [6.07, 6.45) is 1.73. The van der Waals surface area contributed by atoms with Gasteiger partial charge in [0.15, 0.2) is 0 Å². The van der Waals surface area contributed by atoms with Gasteiger partial charge in [-0.3, -0.25) is 0 Å². The van der Waals surface area contributed by atoms with Gasteiger partial charge in [0.1, 0.15) is 5.82 Å². The molecule has 3 aromatic rings. The molecule has 4 nitrogen and oxygen atoms in total. The molecule has 0 unspecified atom stereocenters. The Balaban J connectivity index is 1.92. The molecule has 0 atom stereocenters. The zero-order valence-electron chi connectivity index (χ0n) is 11.1. The van der Waals surface area contributed by atoms with E-state index in [4.69, 9.17) is 5.73 Å². The van der Waals surface area contributed by atoms with E-state index >= 15 is 0 Å². The first-order chi connectivity index (χ1) is 10.2. The van der Waals surface area contributed by atoms with E-state index in [-0.39, 0.29) is 0 Å². The van der Waals surface area contributed by atoms with Gasteiger partial charge in [-0.15, -0.1) is 0 Å². The fourth-order valence-corrected chi connectivity index (χ4v) is 2.49. The lowest BCUT2D eigenvalue weighted by Gasteiger charge is -2.09. The fraction of sp³-hybridized carbons (Fsp3) is 0. The second kappa shape index (κ2) is 5.93. The monoisotopic (exact) mass is 340 g/mol. The lowest BCUT2D eigenvalue weighted by atomic mass is 10.1. The standard InChI is InChI=1S/C16H13BrN4/c17-14-9-5-4-8-12(14)13-10-19-16(21-15(13)18)20-11-6-2-1-3-7-11/h1-10H,(H3,18,19,20,21). The largest absolute Gasteiger partial charge is 0.383 e. The highest BCUT2D eigenvalue weighted by Crippen LogP contribution is 2.31. The lowest BCUT2D eigenvalue weighted by molar-refractivity contribution is 1.17. The fourth-order valence-electron chi connectivity index (χ4n) is 1.99. The van der Waals surface area contributed by atoms with Gasteiger partial charge in [0.2, 0.25) is 5.95 Å². The minimum Gasteiger partial charge on any atom is -0.383 e. The first kappa shape index (κ1) is 13.6. The van der Waals surface area contributed by atoms with Gasteiger partial charge in [-0.05, 0) is 18.2 Å². The number of para-hydroxylation sites is 1. The van der Waals surface area contributed by atoms with Gasteiger partial charge < -0.3 is 11.1 Å². The molecular weight excluding hydrogens is 328 g/mol. The number of nitrogen functional groups attached to an aromatic ring is 1. The number of hydrogen-bond donors (Lipinski definition) is 2. The molecule has 3 N–H and O–H groups in total. The number of nitrogens with one attached hydrogen (secondary N) is 1. The Morgan fingerprint density at radius 2 is 1.62 bits per heavy atom. The normalized spacial score (nSPS) is 10.3. The third-order valence-electron chi connectivity index (χ3n) is 3.01. The molecule has 1 aromatic heterocycles. The van der Waals surface area contributed by atoms with Crippen LogP contribution in [0.15, 0.2) is 65.3 Å². The van der Waals surface area contributed by atoms with Crippen molar-refractivity contribution in [2.45, 2.75) is 0 Å². The van der Waals surface area contributed by atoms with Crippen LogP contribution in [0.2, 0.25) is 0 Å². The van der Waals surface area contributed by atoms with Crippen LogP contribution < -0.4 is 11.1 Å². The van der Waals surface area contributed by atoms with Crippen molar-refractivity contribution in [2.75, 3.05) is 11.1 Å². The quantitative estimate of drug-likeness (QED) is 0.748. The van der Waals surface area contributed by atoms with Gasteiger partial charge in [-0.1, -0.05) is 52.3 Å². The van der Waals surface area contributed by atoms with Gasteiger partial charge in [0.05, 0.1) is 0 Å². The number of anilines is 3. The number of aromatic nitrogens is 2. The minimum atomic E-state index is 0.440. The van der Waals surface area contributed by atoms with Crippen LogP contribution >= 0.6 is 15.9 Å². The summed E-state index contributed by atoms with van der Waals surface area (Å²) in [6, 6.07) is 17.6. The average Bonchev–Trinajstić information content (AvgIpc) is 2.50. The first-order valence-corrected chi connectivity index (χ1v) is 7.23. The maximum absolute atomic E-state index is 6.06. The Bertz CT molecular complexity index is 759. The second-order valence-electron chi connectivity index (χ2n) is 4.46. The highest BCUT2D eigenvalue weighted by atomic mass is 79.9. The molecule has 3 rings (SSSR count). The highest BCUT2D eigenvalue weighted by molar-refractivity contribution is 9.10. The summed E-state index contributed by atoms with van der Waals surface area (Å²) in [6.45, 7) is 0. The third kappa shape index (κ3) is 3.03. The van der Waals surface area contributed by atoms with Crippen molar-refractivity contribution in [2.24, 2.45) is 0 Å². The Labute approximate surface area is 131 Å². The van der Waals surface area contributed by atoms with Crippen molar-refractivity contribution < 1.29 is 0 Å². The molecular formula is C16H13BrN4. The van der Waals surface area contributed by atoms with Crippen LogP contribution in [-0.2, 0) is 0 Å². The summed E-state index contributed by atoms with van der Waals surface area (Å²) in [4.78, 5) is 8.65. The highest BCUT2D eigenvalue weighted by Gasteiger charge is 2.09. The van der Waals surface area contributed by atoms with Crippen LogP contribution in [-0.4, -0.2) is 9.97 Å². The molecule has 104 valence electrons. The van der Waals surface area contributed by atoms with E-state index in [9.17, 15) is 0 Å². The van der Waals surface area contributed by atoms with Gasteiger partial charge in [-0.2, -0.15) is 4.98 Å². The maximum Gasteiger partial charge on any atom is 0.229 e. The summed E-state index contributed by atoms with van der Waals surface area (Å²) in [5, 5.41) is 3.12. The maximum atomic E-state index is 6.06. The Morgan fingerprint density at radius 3 is 2.33 bits per heavy atom. The molecule has 0 amide bonds. The molecule has 0 aliphatic rings. The molecule has 21 heavy (non-hydrogen) atoms. The molecule has 0 spiro atoms. The number of hydrogen-bond acceptors (Lipinski definition) is 4. The topological polar surface area (TPSA) is 63.8 Å². The van der Waals surface area contributed by atoms with Gasteiger partial charge in [0, 0.05) is 27.5 Å². The Kier molecular flexibility index (Phi) is 3.83. The number of nitrogens with zero attached hydrogens (tertiary/aromatic N) is 2. The van der Waals surface area contributed by atoms with Crippen molar-refractivity contribution in [3.8, 4) is 11.1 Å². The molecule has 0 fully saturated rings. The number of nitrogens with two attached hydrogens (primary N) is 1. The van der Waals surface area contributed by atoms with Crippen LogP contribution in [0.25, 0.3) is 11.1 Å². The van der Waals surface area contributed by atoms with Crippen LogP contribution in [0.1, 0.15) is 0 Å². The van der Waals surface area contributed by atoms with Crippen molar-refractivity contribution >= 4 is 33.4 Å². The van der Waals surface area contributed by atoms with Crippen molar-refractivity contribution in [1.82, 2.24) is 9.97 Å². The zero-order chi connectivity index (χ0) is 14.7. The van der Waals surface area contributed by atoms with E-state index in [2.05, 4.69) is 31.2 Å². The van der Waals surface area contributed by atoms with E-state index < -0.39 is 0 Å².